The molecule has 0 aliphatic carbocycles. The van der Waals surface area contributed by atoms with Crippen LogP contribution in [0.5, 0.6) is 11.5 Å². The van der Waals surface area contributed by atoms with E-state index in [9.17, 15) is 0 Å². The quantitative estimate of drug-likeness (QED) is 0.884. The summed E-state index contributed by atoms with van der Waals surface area (Å²) in [7, 11) is 1.61. The van der Waals surface area contributed by atoms with E-state index in [1.54, 1.807) is 7.11 Å². The Balaban J connectivity index is 2.14. The van der Waals surface area contributed by atoms with E-state index in [0.29, 0.717) is 18.1 Å². The van der Waals surface area contributed by atoms with Crippen LogP contribution in [0.15, 0.2) is 24.5 Å². The van der Waals surface area contributed by atoms with Crippen LogP contribution in [0.2, 0.25) is 0 Å². The minimum atomic E-state index is -0.0445. The number of ether oxygens (including phenoxy) is 2. The minimum absolute atomic E-state index is 0.0445. The fourth-order valence-corrected chi connectivity index (χ4v) is 2.04. The Morgan fingerprint density at radius 2 is 2.00 bits per heavy atom. The lowest BCUT2D eigenvalue weighted by Crippen LogP contribution is -2.11. The molecule has 0 radical (unpaired) electrons. The van der Waals surface area contributed by atoms with Crippen LogP contribution in [0.1, 0.15) is 44.2 Å². The highest BCUT2D eigenvalue weighted by Gasteiger charge is 2.11. The lowest BCUT2D eigenvalue weighted by molar-refractivity contribution is 0.266. The Labute approximate surface area is 124 Å². The molecule has 2 N–H and O–H groups in total. The summed E-state index contributed by atoms with van der Waals surface area (Å²) < 4.78 is 13.0. The molecule has 0 fully saturated rings. The van der Waals surface area contributed by atoms with Gasteiger partial charge < -0.3 is 15.2 Å². The van der Waals surface area contributed by atoms with Gasteiger partial charge >= 0.3 is 0 Å². The van der Waals surface area contributed by atoms with Gasteiger partial charge in [-0.3, -0.25) is 0 Å². The van der Waals surface area contributed by atoms with E-state index in [0.717, 1.165) is 11.4 Å². The van der Waals surface area contributed by atoms with Crippen molar-refractivity contribution in [3.63, 3.8) is 0 Å². The Bertz CT molecular complexity index is 593. The minimum Gasteiger partial charge on any atom is -0.493 e. The number of nitrogens with two attached hydrogens (primary N) is 1. The standard InChI is InChI=1S/C15H22N4O2/c1-10(2)19-15(17-9-18-19)8-21-13-6-5-12(11(3)16)7-14(13)20-4/h5-7,9-11H,8,16H2,1-4H3. The average Bonchev–Trinajstić information content (AvgIpc) is 2.93. The fourth-order valence-electron chi connectivity index (χ4n) is 2.04. The summed E-state index contributed by atoms with van der Waals surface area (Å²) in [4.78, 5) is 4.22. The highest BCUT2D eigenvalue weighted by molar-refractivity contribution is 5.43. The third-order valence-corrected chi connectivity index (χ3v) is 3.21. The predicted octanol–water partition coefficient (Wildman–Crippen LogP) is 2.47. The largest absolute Gasteiger partial charge is 0.493 e. The maximum Gasteiger partial charge on any atom is 0.165 e. The maximum atomic E-state index is 5.87. The molecular formula is C15H22N4O2. The van der Waals surface area contributed by atoms with Gasteiger partial charge in [-0.25, -0.2) is 9.67 Å². The molecule has 1 aromatic heterocycles. The van der Waals surface area contributed by atoms with E-state index in [1.165, 1.54) is 6.33 Å². The molecule has 0 aliphatic heterocycles. The second kappa shape index (κ2) is 6.58. The molecule has 0 saturated carbocycles. The Kier molecular flexibility index (Phi) is 4.80. The molecule has 0 bridgehead atoms. The first-order valence-corrected chi connectivity index (χ1v) is 6.97. The number of aromatic nitrogens is 3. The predicted molar refractivity (Wildman–Crippen MR) is 80.3 cm³/mol. The SMILES string of the molecule is COc1cc(C(C)N)ccc1OCc1ncnn1C(C)C. The molecule has 0 amide bonds. The molecular weight excluding hydrogens is 268 g/mol. The molecule has 1 atom stereocenters. The number of hydrogen-bond donors (Lipinski definition) is 1. The topological polar surface area (TPSA) is 75.2 Å². The van der Waals surface area contributed by atoms with Gasteiger partial charge in [-0.2, -0.15) is 5.10 Å². The summed E-state index contributed by atoms with van der Waals surface area (Å²) in [6.45, 7) is 6.37. The van der Waals surface area contributed by atoms with Crippen LogP contribution in [0, 0.1) is 0 Å². The first kappa shape index (κ1) is 15.3. The molecule has 2 aromatic rings. The van der Waals surface area contributed by atoms with Crippen LogP contribution in [-0.2, 0) is 6.61 Å². The van der Waals surface area contributed by atoms with E-state index >= 15 is 0 Å². The summed E-state index contributed by atoms with van der Waals surface area (Å²) in [5.41, 5.74) is 6.88. The third-order valence-electron chi connectivity index (χ3n) is 3.21. The van der Waals surface area contributed by atoms with Crippen molar-refractivity contribution in [2.45, 2.75) is 39.5 Å². The zero-order valence-electron chi connectivity index (χ0n) is 12.9. The van der Waals surface area contributed by atoms with Crippen LogP contribution in [0.4, 0.5) is 0 Å². The highest BCUT2D eigenvalue weighted by Crippen LogP contribution is 2.30. The summed E-state index contributed by atoms with van der Waals surface area (Å²) in [6, 6.07) is 5.90. The van der Waals surface area contributed by atoms with Crippen molar-refractivity contribution in [3.05, 3.63) is 35.9 Å². The van der Waals surface area contributed by atoms with Gasteiger partial charge in [0.1, 0.15) is 12.9 Å². The second-order valence-corrected chi connectivity index (χ2v) is 5.20. The lowest BCUT2D eigenvalue weighted by atomic mass is 10.1. The molecule has 21 heavy (non-hydrogen) atoms. The number of nitrogens with zero attached hydrogens (tertiary/aromatic N) is 3. The summed E-state index contributed by atoms with van der Waals surface area (Å²) >= 11 is 0. The average molecular weight is 290 g/mol. The van der Waals surface area contributed by atoms with Crippen LogP contribution < -0.4 is 15.2 Å². The molecule has 114 valence electrons. The summed E-state index contributed by atoms with van der Waals surface area (Å²) in [6.07, 6.45) is 1.54. The van der Waals surface area contributed by atoms with Crippen molar-refractivity contribution in [2.24, 2.45) is 5.73 Å². The molecule has 1 heterocycles. The molecule has 0 spiro atoms. The maximum absolute atomic E-state index is 5.87. The smallest absolute Gasteiger partial charge is 0.165 e. The Hall–Kier alpha value is -2.08. The lowest BCUT2D eigenvalue weighted by Gasteiger charge is -2.14. The van der Waals surface area contributed by atoms with Crippen LogP contribution in [0.3, 0.4) is 0 Å². The van der Waals surface area contributed by atoms with Crippen molar-refractivity contribution in [1.29, 1.82) is 0 Å². The van der Waals surface area contributed by atoms with E-state index in [2.05, 4.69) is 23.9 Å². The van der Waals surface area contributed by atoms with Crippen molar-refractivity contribution >= 4 is 0 Å². The Morgan fingerprint density at radius 3 is 2.62 bits per heavy atom. The molecule has 0 saturated heterocycles. The first-order chi connectivity index (χ1) is 10.0. The van der Waals surface area contributed by atoms with Crippen LogP contribution in [-0.4, -0.2) is 21.9 Å². The van der Waals surface area contributed by atoms with E-state index in [-0.39, 0.29) is 12.1 Å². The zero-order chi connectivity index (χ0) is 15.4. The number of hydrogen-bond acceptors (Lipinski definition) is 5. The van der Waals surface area contributed by atoms with Crippen LogP contribution >= 0.6 is 0 Å². The molecule has 2 rings (SSSR count). The fraction of sp³-hybridized carbons (Fsp3) is 0.467. The monoisotopic (exact) mass is 290 g/mol. The van der Waals surface area contributed by atoms with Crippen LogP contribution in [0.25, 0.3) is 0 Å². The highest BCUT2D eigenvalue weighted by atomic mass is 16.5. The summed E-state index contributed by atoms with van der Waals surface area (Å²) in [5, 5.41) is 4.19. The van der Waals surface area contributed by atoms with Gasteiger partial charge in [0.25, 0.3) is 0 Å². The van der Waals surface area contributed by atoms with Gasteiger partial charge in [-0.1, -0.05) is 6.07 Å². The molecule has 1 unspecified atom stereocenters. The van der Waals surface area contributed by atoms with Crippen molar-refractivity contribution < 1.29 is 9.47 Å². The van der Waals surface area contributed by atoms with Crippen molar-refractivity contribution in [2.75, 3.05) is 7.11 Å². The van der Waals surface area contributed by atoms with Gasteiger partial charge in [-0.15, -0.1) is 0 Å². The van der Waals surface area contributed by atoms with E-state index in [1.807, 2.05) is 29.8 Å². The molecule has 0 aliphatic rings. The first-order valence-electron chi connectivity index (χ1n) is 6.97. The number of rotatable bonds is 6. The van der Waals surface area contributed by atoms with Gasteiger partial charge in [0.15, 0.2) is 17.3 Å². The van der Waals surface area contributed by atoms with E-state index in [4.69, 9.17) is 15.2 Å². The summed E-state index contributed by atoms with van der Waals surface area (Å²) in [5.74, 6) is 2.11. The Morgan fingerprint density at radius 1 is 1.24 bits per heavy atom. The van der Waals surface area contributed by atoms with Gasteiger partial charge in [0.2, 0.25) is 0 Å². The molecule has 1 aromatic carbocycles. The zero-order valence-corrected chi connectivity index (χ0v) is 12.9. The van der Waals surface area contributed by atoms with Crippen molar-refractivity contribution in [3.8, 4) is 11.5 Å². The second-order valence-electron chi connectivity index (χ2n) is 5.20. The molecule has 6 nitrogen and oxygen atoms in total. The van der Waals surface area contributed by atoms with E-state index < -0.39 is 0 Å². The number of benzene rings is 1. The number of methoxy groups -OCH3 is 1. The van der Waals surface area contributed by atoms with Gasteiger partial charge in [0.05, 0.1) is 7.11 Å². The van der Waals surface area contributed by atoms with Crippen molar-refractivity contribution in [1.82, 2.24) is 14.8 Å². The molecule has 6 heteroatoms. The van der Waals surface area contributed by atoms with Gasteiger partial charge in [-0.05, 0) is 38.5 Å². The third kappa shape index (κ3) is 3.52. The van der Waals surface area contributed by atoms with Gasteiger partial charge in [0, 0.05) is 12.1 Å². The normalized spacial score (nSPS) is 12.5.